The molecule has 1 aliphatic carbocycles. The molecule has 7 heteroatoms. The lowest BCUT2D eigenvalue weighted by Crippen LogP contribution is -2.25. The summed E-state index contributed by atoms with van der Waals surface area (Å²) in [6, 6.07) is 9.02. The van der Waals surface area contributed by atoms with E-state index >= 15 is 0 Å². The van der Waals surface area contributed by atoms with Crippen LogP contribution in [-0.2, 0) is 24.3 Å². The Kier molecular flexibility index (Phi) is 19.4. The van der Waals surface area contributed by atoms with Gasteiger partial charge in [-0.2, -0.15) is 0 Å². The first kappa shape index (κ1) is 38.1. The predicted octanol–water partition coefficient (Wildman–Crippen LogP) is 7.08. The number of unbranched alkanes of at least 4 members (excludes halogenated alkanes) is 1. The number of fused-ring (bicyclic) bond motifs is 1. The largest absolute Gasteiger partial charge is 0.508 e. The molecule has 7 nitrogen and oxygen atoms in total. The molecule has 1 heterocycles. The van der Waals surface area contributed by atoms with Crippen molar-refractivity contribution in [3.63, 3.8) is 0 Å². The summed E-state index contributed by atoms with van der Waals surface area (Å²) in [6.45, 7) is 15.4. The highest BCUT2D eigenvalue weighted by Crippen LogP contribution is 2.34. The molecule has 0 spiro atoms. The molecule has 1 aliphatic heterocycles. The van der Waals surface area contributed by atoms with Crippen LogP contribution in [0.2, 0.25) is 0 Å². The van der Waals surface area contributed by atoms with Gasteiger partial charge in [-0.3, -0.25) is 4.79 Å². The van der Waals surface area contributed by atoms with E-state index < -0.39 is 0 Å². The number of phenolic OH excluding ortho intramolecular Hbond substituents is 2. The van der Waals surface area contributed by atoms with Crippen molar-refractivity contribution in [2.24, 2.45) is 11.7 Å². The number of aromatic hydroxyl groups is 2. The molecule has 2 aliphatic rings. The van der Waals surface area contributed by atoms with Crippen LogP contribution in [0, 0.1) is 5.92 Å². The molecule has 0 atom stereocenters. The second-order valence-electron chi connectivity index (χ2n) is 11.1. The van der Waals surface area contributed by atoms with E-state index in [2.05, 4.69) is 32.6 Å². The van der Waals surface area contributed by atoms with Crippen LogP contribution in [0.15, 0.2) is 30.3 Å². The van der Waals surface area contributed by atoms with Crippen LogP contribution < -0.4 is 5.73 Å². The molecule has 0 saturated heterocycles. The van der Waals surface area contributed by atoms with E-state index in [-0.39, 0.29) is 35.0 Å². The Balaban J connectivity index is 0.000000950. The number of nitrogens with zero attached hydrogens (tertiary/aromatic N) is 1. The zero-order chi connectivity index (χ0) is 31.5. The molecule has 2 aromatic carbocycles. The zero-order valence-corrected chi connectivity index (χ0v) is 26.7. The Morgan fingerprint density at radius 3 is 2.00 bits per heavy atom. The van der Waals surface area contributed by atoms with E-state index in [0.29, 0.717) is 25.1 Å². The standard InChI is InChI=1S/C22H25NO4.C5H10O.C4H10.C2H6.CH5N/c1-14(2)18-10-19(21(26)11-20(18)25)22(27)23-12-16-7-6-15(5-3-4-8-24)9-17(16)13-23;6-5-3-1-2-4-5;1-4(2)3;2*1-2/h6-11,14,25-26H,3-5,12-13H2,1-2H3;5-6H,1-4H2;4H,1-3H3;1-2H3;2H2,1H3. The second kappa shape index (κ2) is 20.9. The average Bonchev–Trinajstić information content (AvgIpc) is 3.59. The summed E-state index contributed by atoms with van der Waals surface area (Å²) in [5.41, 5.74) is 8.74. The van der Waals surface area contributed by atoms with Crippen molar-refractivity contribution in [2.75, 3.05) is 7.05 Å². The van der Waals surface area contributed by atoms with Crippen LogP contribution in [-0.4, -0.2) is 45.6 Å². The molecule has 1 amide bonds. The van der Waals surface area contributed by atoms with E-state index in [4.69, 9.17) is 5.11 Å². The van der Waals surface area contributed by atoms with Crippen LogP contribution in [0.1, 0.15) is 126 Å². The minimum absolute atomic E-state index is 0.00345. The molecule has 4 rings (SSSR count). The zero-order valence-electron chi connectivity index (χ0n) is 26.7. The van der Waals surface area contributed by atoms with E-state index in [1.807, 2.05) is 39.8 Å². The first-order chi connectivity index (χ1) is 19.5. The molecular weight excluding hydrogens is 516 g/mol. The molecule has 5 N–H and O–H groups in total. The van der Waals surface area contributed by atoms with Gasteiger partial charge in [-0.05, 0) is 72.9 Å². The molecule has 0 radical (unpaired) electrons. The van der Waals surface area contributed by atoms with Gasteiger partial charge in [-0.1, -0.05) is 79.5 Å². The SMILES string of the molecule is CC.CC(C)C.CC(C)c1cc(C(=O)N2Cc3ccc(CCCC=O)cc3C2)c(O)cc1O.CN.OC1CCCC1. The fourth-order valence-electron chi connectivity index (χ4n) is 4.44. The number of hydrogen-bond donors (Lipinski definition) is 4. The monoisotopic (exact) mass is 572 g/mol. The summed E-state index contributed by atoms with van der Waals surface area (Å²) in [6.07, 6.45) is 7.76. The maximum absolute atomic E-state index is 13.0. The third kappa shape index (κ3) is 13.5. The Labute approximate surface area is 248 Å². The number of aldehydes is 1. The van der Waals surface area contributed by atoms with Crippen LogP contribution in [0.4, 0.5) is 0 Å². The smallest absolute Gasteiger partial charge is 0.258 e. The third-order valence-corrected chi connectivity index (χ3v) is 6.39. The highest BCUT2D eigenvalue weighted by atomic mass is 16.3. The van der Waals surface area contributed by atoms with Gasteiger partial charge < -0.3 is 30.7 Å². The molecule has 0 aromatic heterocycles. The third-order valence-electron chi connectivity index (χ3n) is 6.39. The molecule has 2 aromatic rings. The molecule has 1 saturated carbocycles. The second-order valence-corrected chi connectivity index (χ2v) is 11.1. The lowest BCUT2D eigenvalue weighted by Gasteiger charge is -2.18. The lowest BCUT2D eigenvalue weighted by atomic mass is 9.98. The summed E-state index contributed by atoms with van der Waals surface area (Å²) >= 11 is 0. The van der Waals surface area contributed by atoms with Crippen molar-refractivity contribution in [3.8, 4) is 11.5 Å². The van der Waals surface area contributed by atoms with E-state index in [1.165, 1.54) is 31.5 Å². The number of carbonyl (C=O) groups is 2. The first-order valence-electron chi connectivity index (χ1n) is 15.2. The van der Waals surface area contributed by atoms with Gasteiger partial charge in [0.05, 0.1) is 11.7 Å². The fourth-order valence-corrected chi connectivity index (χ4v) is 4.44. The Morgan fingerprint density at radius 1 is 0.951 bits per heavy atom. The van der Waals surface area contributed by atoms with Gasteiger partial charge >= 0.3 is 0 Å². The summed E-state index contributed by atoms with van der Waals surface area (Å²) in [5.74, 6) is 0.436. The van der Waals surface area contributed by atoms with Crippen molar-refractivity contribution in [3.05, 3.63) is 58.1 Å². The number of carbonyl (C=O) groups excluding carboxylic acids is 2. The topological polar surface area (TPSA) is 124 Å². The normalized spacial score (nSPS) is 13.5. The number of aryl methyl sites for hydroxylation is 1. The Bertz CT molecular complexity index is 1030. The van der Waals surface area contributed by atoms with Crippen molar-refractivity contribution < 1.29 is 24.9 Å². The van der Waals surface area contributed by atoms with Gasteiger partial charge in [-0.25, -0.2) is 0 Å². The molecule has 0 unspecified atom stereocenters. The molecule has 41 heavy (non-hydrogen) atoms. The highest BCUT2D eigenvalue weighted by Gasteiger charge is 2.27. The number of aliphatic hydroxyl groups excluding tert-OH is 1. The number of nitrogens with two attached hydrogens (primary N) is 1. The minimum atomic E-state index is -0.242. The molecular formula is C34H56N2O5. The summed E-state index contributed by atoms with van der Waals surface area (Å²) < 4.78 is 0. The molecule has 1 fully saturated rings. The van der Waals surface area contributed by atoms with Crippen LogP contribution >= 0.6 is 0 Å². The van der Waals surface area contributed by atoms with Crippen LogP contribution in [0.25, 0.3) is 0 Å². The highest BCUT2D eigenvalue weighted by molar-refractivity contribution is 5.97. The van der Waals surface area contributed by atoms with Gasteiger partial charge in [0.1, 0.15) is 17.8 Å². The van der Waals surface area contributed by atoms with Gasteiger partial charge in [0.2, 0.25) is 0 Å². The van der Waals surface area contributed by atoms with E-state index in [1.54, 1.807) is 11.0 Å². The summed E-state index contributed by atoms with van der Waals surface area (Å²) in [7, 11) is 1.50. The van der Waals surface area contributed by atoms with Crippen LogP contribution in [0.5, 0.6) is 11.5 Å². The lowest BCUT2D eigenvalue weighted by molar-refractivity contribution is -0.107. The first-order valence-corrected chi connectivity index (χ1v) is 15.2. The van der Waals surface area contributed by atoms with Gasteiger partial charge in [0.15, 0.2) is 0 Å². The fraction of sp³-hybridized carbons (Fsp3) is 0.588. The van der Waals surface area contributed by atoms with Crippen LogP contribution in [0.3, 0.4) is 0 Å². The molecule has 0 bridgehead atoms. The minimum Gasteiger partial charge on any atom is -0.508 e. The number of rotatable bonds is 6. The van der Waals surface area contributed by atoms with E-state index in [9.17, 15) is 19.8 Å². The van der Waals surface area contributed by atoms with Crippen molar-refractivity contribution >= 4 is 12.2 Å². The number of amides is 1. The average molecular weight is 573 g/mol. The van der Waals surface area contributed by atoms with Gasteiger partial charge in [0, 0.05) is 25.6 Å². The number of phenols is 2. The molecule has 232 valence electrons. The summed E-state index contributed by atoms with van der Waals surface area (Å²) in [4.78, 5) is 25.1. The Hall–Kier alpha value is -2.90. The quantitative estimate of drug-likeness (QED) is 0.216. The number of hydrogen-bond acceptors (Lipinski definition) is 6. The predicted molar refractivity (Wildman–Crippen MR) is 169 cm³/mol. The van der Waals surface area contributed by atoms with Gasteiger partial charge in [-0.15, -0.1) is 0 Å². The van der Waals surface area contributed by atoms with Crippen molar-refractivity contribution in [2.45, 2.75) is 119 Å². The van der Waals surface area contributed by atoms with E-state index in [0.717, 1.165) is 49.0 Å². The summed E-state index contributed by atoms with van der Waals surface area (Å²) in [5, 5.41) is 28.9. The maximum Gasteiger partial charge on any atom is 0.258 e. The number of benzene rings is 2. The maximum atomic E-state index is 13.0. The van der Waals surface area contributed by atoms with Crippen molar-refractivity contribution in [1.29, 1.82) is 0 Å². The van der Waals surface area contributed by atoms with Crippen molar-refractivity contribution in [1.82, 2.24) is 4.90 Å². The number of aliphatic hydroxyl groups is 1. The van der Waals surface area contributed by atoms with Gasteiger partial charge in [0.25, 0.3) is 5.91 Å². The Morgan fingerprint density at radius 2 is 1.51 bits per heavy atom.